The molecule has 2 saturated carbocycles. The number of carbonyl (C=O) groups excluding carboxylic acids is 4. The molecule has 2 bridgehead atoms. The molecule has 2 amide bonds. The molecule has 3 aliphatic rings. The van der Waals surface area contributed by atoms with E-state index in [1.165, 1.54) is 0 Å². The van der Waals surface area contributed by atoms with Crippen molar-refractivity contribution < 1.29 is 23.9 Å². The number of likely N-dealkylation sites (tertiary alicyclic amines) is 1. The SMILES string of the molecule is Cc1ccc(C(=O)COC(=O)CN2C(=O)[C@@H]3[C@H]4CC[C@@H](C4)[C@@H]3C2=O)cc1C. The molecule has 6 nitrogen and oxygen atoms in total. The third-order valence-corrected chi connectivity index (χ3v) is 6.50. The van der Waals surface area contributed by atoms with Gasteiger partial charge in [0.1, 0.15) is 6.54 Å². The van der Waals surface area contributed by atoms with Crippen molar-refractivity contribution in [2.24, 2.45) is 23.7 Å². The van der Waals surface area contributed by atoms with Gasteiger partial charge in [-0.2, -0.15) is 0 Å². The zero-order chi connectivity index (χ0) is 19.3. The molecule has 1 aliphatic heterocycles. The van der Waals surface area contributed by atoms with Crippen molar-refractivity contribution in [1.82, 2.24) is 4.90 Å². The highest BCUT2D eigenvalue weighted by molar-refractivity contribution is 6.08. The van der Waals surface area contributed by atoms with Gasteiger partial charge in [-0.1, -0.05) is 12.1 Å². The number of nitrogens with zero attached hydrogens (tertiary/aromatic N) is 1. The van der Waals surface area contributed by atoms with Crippen LogP contribution in [0.25, 0.3) is 0 Å². The molecule has 0 aromatic heterocycles. The Balaban J connectivity index is 1.34. The van der Waals surface area contributed by atoms with Gasteiger partial charge in [-0.3, -0.25) is 24.1 Å². The van der Waals surface area contributed by atoms with Crippen LogP contribution in [0.1, 0.15) is 40.7 Å². The summed E-state index contributed by atoms with van der Waals surface area (Å²) in [7, 11) is 0. The molecule has 1 saturated heterocycles. The Hall–Kier alpha value is -2.50. The number of amides is 2. The predicted molar refractivity (Wildman–Crippen MR) is 95.7 cm³/mol. The molecule has 27 heavy (non-hydrogen) atoms. The fraction of sp³-hybridized carbons (Fsp3) is 0.524. The van der Waals surface area contributed by atoms with Crippen LogP contribution in [-0.2, 0) is 19.1 Å². The predicted octanol–water partition coefficient (Wildman–Crippen LogP) is 2.06. The third-order valence-electron chi connectivity index (χ3n) is 6.50. The first kappa shape index (κ1) is 17.9. The van der Waals surface area contributed by atoms with Crippen LogP contribution >= 0.6 is 0 Å². The fourth-order valence-electron chi connectivity index (χ4n) is 4.95. The smallest absolute Gasteiger partial charge is 0.326 e. The van der Waals surface area contributed by atoms with Crippen LogP contribution in [-0.4, -0.2) is 41.6 Å². The van der Waals surface area contributed by atoms with Crippen molar-refractivity contribution in [3.05, 3.63) is 34.9 Å². The Morgan fingerprint density at radius 2 is 1.67 bits per heavy atom. The lowest BCUT2D eigenvalue weighted by molar-refractivity contribution is -0.152. The van der Waals surface area contributed by atoms with Gasteiger partial charge in [-0.05, 0) is 62.1 Å². The quantitative estimate of drug-likeness (QED) is 0.451. The second-order valence-corrected chi connectivity index (χ2v) is 8.03. The molecular weight excluding hydrogens is 346 g/mol. The highest BCUT2D eigenvalue weighted by atomic mass is 16.5. The first-order chi connectivity index (χ1) is 12.9. The molecule has 2 aliphatic carbocycles. The van der Waals surface area contributed by atoms with E-state index in [4.69, 9.17) is 4.74 Å². The molecule has 0 N–H and O–H groups in total. The normalized spacial score (nSPS) is 28.6. The summed E-state index contributed by atoms with van der Waals surface area (Å²) in [6.45, 7) is 3.07. The summed E-state index contributed by atoms with van der Waals surface area (Å²) in [6.07, 6.45) is 2.94. The summed E-state index contributed by atoms with van der Waals surface area (Å²) in [5, 5.41) is 0. The largest absolute Gasteiger partial charge is 0.456 e. The maximum absolute atomic E-state index is 12.6. The number of Topliss-reactive ketones (excluding diaryl/α,β-unsaturated/α-hetero) is 1. The summed E-state index contributed by atoms with van der Waals surface area (Å²) in [4.78, 5) is 50.5. The number of hydrogen-bond acceptors (Lipinski definition) is 5. The molecule has 4 rings (SSSR count). The number of esters is 1. The number of fused-ring (bicyclic) bond motifs is 5. The van der Waals surface area contributed by atoms with Crippen LogP contribution in [0.5, 0.6) is 0 Å². The number of ether oxygens (including phenoxy) is 1. The lowest BCUT2D eigenvalue weighted by Gasteiger charge is -2.19. The van der Waals surface area contributed by atoms with E-state index < -0.39 is 19.1 Å². The number of aryl methyl sites for hydroxylation is 2. The molecule has 4 atom stereocenters. The van der Waals surface area contributed by atoms with E-state index in [9.17, 15) is 19.2 Å². The maximum Gasteiger partial charge on any atom is 0.326 e. The minimum Gasteiger partial charge on any atom is -0.456 e. The molecule has 0 radical (unpaired) electrons. The molecule has 1 heterocycles. The van der Waals surface area contributed by atoms with E-state index in [0.717, 1.165) is 35.3 Å². The summed E-state index contributed by atoms with van der Waals surface area (Å²) in [6, 6.07) is 5.30. The summed E-state index contributed by atoms with van der Waals surface area (Å²) in [5.41, 5.74) is 2.54. The zero-order valence-corrected chi connectivity index (χ0v) is 15.6. The standard InChI is InChI=1S/C21H23NO5/c1-11-3-4-13(7-12(11)2)16(23)10-27-17(24)9-22-20(25)18-14-5-6-15(8-14)19(18)21(22)26/h3-4,7,14-15,18-19H,5-6,8-10H2,1-2H3/t14-,15-,18-,19+/m0/s1. The van der Waals surface area contributed by atoms with Crippen molar-refractivity contribution in [2.75, 3.05) is 13.2 Å². The van der Waals surface area contributed by atoms with E-state index in [2.05, 4.69) is 0 Å². The number of rotatable bonds is 5. The average Bonchev–Trinajstić information content (AvgIpc) is 3.32. The first-order valence-corrected chi connectivity index (χ1v) is 9.48. The third kappa shape index (κ3) is 2.97. The number of ketones is 1. The average molecular weight is 369 g/mol. The fourth-order valence-corrected chi connectivity index (χ4v) is 4.95. The van der Waals surface area contributed by atoms with Gasteiger partial charge in [0, 0.05) is 5.56 Å². The number of hydrogen-bond donors (Lipinski definition) is 0. The molecule has 6 heteroatoms. The first-order valence-electron chi connectivity index (χ1n) is 9.48. The van der Waals surface area contributed by atoms with Gasteiger partial charge in [0.05, 0.1) is 11.8 Å². The van der Waals surface area contributed by atoms with Crippen LogP contribution in [0.3, 0.4) is 0 Å². The zero-order valence-electron chi connectivity index (χ0n) is 15.6. The molecule has 142 valence electrons. The molecule has 0 unspecified atom stereocenters. The summed E-state index contributed by atoms with van der Waals surface area (Å²) < 4.78 is 5.04. The number of benzene rings is 1. The van der Waals surface area contributed by atoms with Gasteiger partial charge < -0.3 is 4.74 Å². The van der Waals surface area contributed by atoms with Crippen LogP contribution in [0, 0.1) is 37.5 Å². The monoisotopic (exact) mass is 369 g/mol. The Morgan fingerprint density at radius 3 is 2.26 bits per heavy atom. The van der Waals surface area contributed by atoms with Crippen LogP contribution < -0.4 is 0 Å². The van der Waals surface area contributed by atoms with Crippen LogP contribution in [0.4, 0.5) is 0 Å². The van der Waals surface area contributed by atoms with Gasteiger partial charge >= 0.3 is 5.97 Å². The van der Waals surface area contributed by atoms with Crippen LogP contribution in [0.15, 0.2) is 18.2 Å². The van der Waals surface area contributed by atoms with Crippen molar-refractivity contribution in [1.29, 1.82) is 0 Å². The van der Waals surface area contributed by atoms with Gasteiger partial charge in [0.2, 0.25) is 11.8 Å². The molecular formula is C21H23NO5. The summed E-state index contributed by atoms with van der Waals surface area (Å²) >= 11 is 0. The molecule has 0 spiro atoms. The number of carbonyl (C=O) groups is 4. The Bertz CT molecular complexity index is 817. The van der Waals surface area contributed by atoms with E-state index >= 15 is 0 Å². The van der Waals surface area contributed by atoms with Crippen molar-refractivity contribution >= 4 is 23.6 Å². The highest BCUT2D eigenvalue weighted by Gasteiger charge is 2.61. The molecule has 1 aromatic carbocycles. The minimum atomic E-state index is -0.721. The highest BCUT2D eigenvalue weighted by Crippen LogP contribution is 2.56. The summed E-state index contributed by atoms with van der Waals surface area (Å²) in [5.74, 6) is -1.44. The second kappa shape index (κ2) is 6.59. The van der Waals surface area contributed by atoms with E-state index in [1.54, 1.807) is 12.1 Å². The van der Waals surface area contributed by atoms with E-state index in [0.29, 0.717) is 5.56 Å². The lowest BCUT2D eigenvalue weighted by atomic mass is 9.81. The van der Waals surface area contributed by atoms with Gasteiger partial charge in [0.15, 0.2) is 12.4 Å². The van der Waals surface area contributed by atoms with E-state index in [-0.39, 0.29) is 41.3 Å². The Kier molecular flexibility index (Phi) is 4.36. The Morgan fingerprint density at radius 1 is 1.04 bits per heavy atom. The molecule has 3 fully saturated rings. The Labute approximate surface area is 157 Å². The van der Waals surface area contributed by atoms with Crippen molar-refractivity contribution in [3.63, 3.8) is 0 Å². The second-order valence-electron chi connectivity index (χ2n) is 8.03. The molecule has 1 aromatic rings. The topological polar surface area (TPSA) is 80.8 Å². The van der Waals surface area contributed by atoms with Gasteiger partial charge in [0.25, 0.3) is 0 Å². The maximum atomic E-state index is 12.6. The van der Waals surface area contributed by atoms with Crippen LogP contribution in [0.2, 0.25) is 0 Å². The minimum absolute atomic E-state index is 0.241. The van der Waals surface area contributed by atoms with Gasteiger partial charge in [-0.25, -0.2) is 0 Å². The van der Waals surface area contributed by atoms with Gasteiger partial charge in [-0.15, -0.1) is 0 Å². The lowest BCUT2D eigenvalue weighted by Crippen LogP contribution is -2.38. The van der Waals surface area contributed by atoms with E-state index in [1.807, 2.05) is 19.9 Å². The number of imide groups is 1. The van der Waals surface area contributed by atoms with Crippen molar-refractivity contribution in [3.8, 4) is 0 Å². The van der Waals surface area contributed by atoms with Crippen molar-refractivity contribution in [2.45, 2.75) is 33.1 Å².